The summed E-state index contributed by atoms with van der Waals surface area (Å²) in [6.07, 6.45) is 3.18. The van der Waals surface area contributed by atoms with Gasteiger partial charge in [-0.1, -0.05) is 0 Å². The topological polar surface area (TPSA) is 61.2 Å². The van der Waals surface area contributed by atoms with Crippen molar-refractivity contribution in [1.82, 2.24) is 19.9 Å². The van der Waals surface area contributed by atoms with Gasteiger partial charge < -0.3 is 19.4 Å². The average molecular weight is 360 g/mol. The number of nitrogens with one attached hydrogen (secondary N) is 1. The second-order valence-corrected chi connectivity index (χ2v) is 6.28. The maximum Gasteiger partial charge on any atom is 0.368 e. The number of aryl methyl sites for hydroxylation is 1. The summed E-state index contributed by atoms with van der Waals surface area (Å²) in [4.78, 5) is 8.66. The zero-order chi connectivity index (χ0) is 18.1. The van der Waals surface area contributed by atoms with Gasteiger partial charge in [-0.15, -0.1) is 0 Å². The van der Waals surface area contributed by atoms with Crippen molar-refractivity contribution in [2.45, 2.75) is 12.2 Å². The Bertz CT molecular complexity index is 928. The van der Waals surface area contributed by atoms with Crippen LogP contribution in [0.4, 0.5) is 8.78 Å². The van der Waals surface area contributed by atoms with Crippen LogP contribution in [0.15, 0.2) is 43.0 Å². The van der Waals surface area contributed by atoms with Crippen LogP contribution in [-0.4, -0.2) is 46.4 Å². The van der Waals surface area contributed by atoms with Crippen molar-refractivity contribution in [2.24, 2.45) is 7.05 Å². The van der Waals surface area contributed by atoms with Crippen LogP contribution in [0.1, 0.15) is 0 Å². The fourth-order valence-corrected chi connectivity index (χ4v) is 2.98. The molecule has 8 heteroatoms. The number of halogens is 2. The second-order valence-electron chi connectivity index (χ2n) is 6.28. The van der Waals surface area contributed by atoms with Crippen molar-refractivity contribution < 1.29 is 18.3 Å². The van der Waals surface area contributed by atoms with Crippen molar-refractivity contribution in [3.63, 3.8) is 0 Å². The first-order chi connectivity index (χ1) is 12.5. The SMILES string of the molecule is Cn1ccc(-c2cc(OC[C@@H]3CNCC(F)(F)O3)c3nccnc3c2)c1. The first-order valence-electron chi connectivity index (χ1n) is 8.26. The Hall–Kier alpha value is -2.58. The van der Waals surface area contributed by atoms with Crippen LogP contribution in [0.25, 0.3) is 22.2 Å². The number of morpholine rings is 1. The van der Waals surface area contributed by atoms with Gasteiger partial charge in [0.25, 0.3) is 0 Å². The van der Waals surface area contributed by atoms with Gasteiger partial charge in [-0.3, -0.25) is 4.98 Å². The van der Waals surface area contributed by atoms with E-state index >= 15 is 0 Å². The molecule has 1 N–H and O–H groups in total. The molecule has 0 unspecified atom stereocenters. The standard InChI is InChI=1S/C18H18F2N4O2/c1-24-5-2-12(9-24)13-6-15-17(23-4-3-22-15)16(7-13)25-10-14-8-21-11-18(19,20)26-14/h2-7,9,14,21H,8,10-11H2,1H3/t14-/m0/s1. The molecule has 1 aliphatic rings. The van der Waals surface area contributed by atoms with Gasteiger partial charge in [0.15, 0.2) is 0 Å². The summed E-state index contributed by atoms with van der Waals surface area (Å²) in [6.45, 7) is -0.189. The van der Waals surface area contributed by atoms with Crippen LogP contribution in [0.5, 0.6) is 5.75 Å². The molecule has 0 saturated carbocycles. The van der Waals surface area contributed by atoms with Gasteiger partial charge in [0.1, 0.15) is 24.0 Å². The van der Waals surface area contributed by atoms with Gasteiger partial charge in [-0.05, 0) is 29.3 Å². The third-order valence-electron chi connectivity index (χ3n) is 4.17. The minimum Gasteiger partial charge on any atom is -0.488 e. The zero-order valence-electron chi connectivity index (χ0n) is 14.2. The summed E-state index contributed by atoms with van der Waals surface area (Å²) in [7, 11) is 1.94. The number of fused-ring (bicyclic) bond motifs is 1. The summed E-state index contributed by atoms with van der Waals surface area (Å²) < 4.78 is 39.2. The Balaban J connectivity index is 1.63. The molecule has 26 heavy (non-hydrogen) atoms. The van der Waals surface area contributed by atoms with E-state index in [9.17, 15) is 8.78 Å². The molecule has 1 aromatic carbocycles. The minimum absolute atomic E-state index is 0.00743. The number of hydrogen-bond donors (Lipinski definition) is 1. The summed E-state index contributed by atoms with van der Waals surface area (Å²) >= 11 is 0. The monoisotopic (exact) mass is 360 g/mol. The Labute approximate surface area is 148 Å². The molecule has 0 bridgehead atoms. The third-order valence-corrected chi connectivity index (χ3v) is 4.17. The molecule has 2 aromatic heterocycles. The van der Waals surface area contributed by atoms with Crippen molar-refractivity contribution >= 4 is 11.0 Å². The lowest BCUT2D eigenvalue weighted by atomic mass is 10.1. The molecule has 1 saturated heterocycles. The molecule has 0 radical (unpaired) electrons. The lowest BCUT2D eigenvalue weighted by Crippen LogP contribution is -2.50. The van der Waals surface area contributed by atoms with Gasteiger partial charge >= 0.3 is 6.11 Å². The van der Waals surface area contributed by atoms with Crippen LogP contribution in [0.2, 0.25) is 0 Å². The number of benzene rings is 1. The van der Waals surface area contributed by atoms with Crippen molar-refractivity contribution in [1.29, 1.82) is 0 Å². The highest BCUT2D eigenvalue weighted by Gasteiger charge is 2.37. The third kappa shape index (κ3) is 3.51. The highest BCUT2D eigenvalue weighted by Crippen LogP contribution is 2.31. The predicted molar refractivity (Wildman–Crippen MR) is 92.1 cm³/mol. The van der Waals surface area contributed by atoms with E-state index in [1.54, 1.807) is 12.4 Å². The molecule has 136 valence electrons. The van der Waals surface area contributed by atoms with Crippen molar-refractivity contribution in [2.75, 3.05) is 19.7 Å². The van der Waals surface area contributed by atoms with E-state index in [4.69, 9.17) is 9.47 Å². The van der Waals surface area contributed by atoms with Gasteiger partial charge in [0.05, 0.1) is 12.1 Å². The van der Waals surface area contributed by atoms with Crippen LogP contribution in [0, 0.1) is 0 Å². The van der Waals surface area contributed by atoms with Crippen LogP contribution in [0.3, 0.4) is 0 Å². The fraction of sp³-hybridized carbons (Fsp3) is 0.333. The minimum atomic E-state index is -3.18. The van der Waals surface area contributed by atoms with E-state index in [2.05, 4.69) is 15.3 Å². The molecule has 0 aliphatic carbocycles. The van der Waals surface area contributed by atoms with Gasteiger partial charge in [0.2, 0.25) is 0 Å². The normalized spacial score (nSPS) is 19.6. The van der Waals surface area contributed by atoms with Gasteiger partial charge in [-0.25, -0.2) is 4.98 Å². The Morgan fingerprint density at radius 3 is 2.92 bits per heavy atom. The Kier molecular flexibility index (Phi) is 4.29. The first kappa shape index (κ1) is 16.9. The lowest BCUT2D eigenvalue weighted by Gasteiger charge is -2.30. The molecule has 0 amide bonds. The van der Waals surface area contributed by atoms with Gasteiger partial charge in [0, 0.05) is 38.4 Å². The summed E-state index contributed by atoms with van der Waals surface area (Å²) in [6, 6.07) is 5.76. The van der Waals surface area contributed by atoms with Crippen LogP contribution in [-0.2, 0) is 11.8 Å². The molecular weight excluding hydrogens is 342 g/mol. The highest BCUT2D eigenvalue weighted by atomic mass is 19.3. The van der Waals surface area contributed by atoms with E-state index < -0.39 is 18.8 Å². The van der Waals surface area contributed by atoms with E-state index in [1.807, 2.05) is 42.2 Å². The molecule has 1 aliphatic heterocycles. The summed E-state index contributed by atoms with van der Waals surface area (Å²) in [5.41, 5.74) is 3.19. The van der Waals surface area contributed by atoms with Gasteiger partial charge in [-0.2, -0.15) is 8.78 Å². The number of rotatable bonds is 4. The maximum absolute atomic E-state index is 13.4. The summed E-state index contributed by atoms with van der Waals surface area (Å²) in [5.74, 6) is 0.493. The van der Waals surface area contributed by atoms with Crippen molar-refractivity contribution in [3.05, 3.63) is 43.0 Å². The average Bonchev–Trinajstić information content (AvgIpc) is 3.05. The van der Waals surface area contributed by atoms with E-state index in [0.29, 0.717) is 23.3 Å². The first-order valence-corrected chi connectivity index (χ1v) is 8.26. The number of alkyl halides is 2. The molecule has 3 aromatic rings. The molecule has 3 heterocycles. The lowest BCUT2D eigenvalue weighted by molar-refractivity contribution is -0.276. The second kappa shape index (κ2) is 6.62. The smallest absolute Gasteiger partial charge is 0.368 e. The highest BCUT2D eigenvalue weighted by molar-refractivity contribution is 5.86. The zero-order valence-corrected chi connectivity index (χ0v) is 14.2. The van der Waals surface area contributed by atoms with Crippen LogP contribution < -0.4 is 10.1 Å². The number of aromatic nitrogens is 3. The number of ether oxygens (including phenoxy) is 2. The number of hydrogen-bond acceptors (Lipinski definition) is 5. The predicted octanol–water partition coefficient (Wildman–Crippen LogP) is 2.60. The molecule has 6 nitrogen and oxygen atoms in total. The van der Waals surface area contributed by atoms with E-state index in [1.165, 1.54) is 0 Å². The van der Waals surface area contributed by atoms with Crippen LogP contribution >= 0.6 is 0 Å². The fourth-order valence-electron chi connectivity index (χ4n) is 2.98. The van der Waals surface area contributed by atoms with E-state index in [-0.39, 0.29) is 6.61 Å². The van der Waals surface area contributed by atoms with Crippen molar-refractivity contribution in [3.8, 4) is 16.9 Å². The largest absolute Gasteiger partial charge is 0.488 e. The number of nitrogens with zero attached hydrogens (tertiary/aromatic N) is 3. The maximum atomic E-state index is 13.4. The quantitative estimate of drug-likeness (QED) is 0.775. The molecule has 4 rings (SSSR count). The Morgan fingerprint density at radius 1 is 1.31 bits per heavy atom. The molecule has 1 fully saturated rings. The molecule has 0 spiro atoms. The summed E-state index contributed by atoms with van der Waals surface area (Å²) in [5, 5.41) is 2.65. The van der Waals surface area contributed by atoms with E-state index in [0.717, 1.165) is 11.1 Å². The molecular formula is C18H18F2N4O2. The molecule has 1 atom stereocenters. The Morgan fingerprint density at radius 2 is 2.15 bits per heavy atom.